The van der Waals surface area contributed by atoms with E-state index in [4.69, 9.17) is 0 Å². The van der Waals surface area contributed by atoms with Crippen molar-refractivity contribution in [2.45, 2.75) is 6.54 Å². The van der Waals surface area contributed by atoms with Gasteiger partial charge in [-0.05, 0) is 6.07 Å². The van der Waals surface area contributed by atoms with Crippen molar-refractivity contribution in [3.8, 4) is 0 Å². The summed E-state index contributed by atoms with van der Waals surface area (Å²) < 4.78 is 1.50. The summed E-state index contributed by atoms with van der Waals surface area (Å²) in [7, 11) is 1.70. The number of benzene rings is 1. The molecule has 1 N–H and O–H groups in total. The molecule has 0 saturated carbocycles. The fourth-order valence-electron chi connectivity index (χ4n) is 1.57. The molecule has 0 aliphatic heterocycles. The summed E-state index contributed by atoms with van der Waals surface area (Å²) in [6.07, 6.45) is 1.50. The highest BCUT2D eigenvalue weighted by Gasteiger charge is 2.19. The van der Waals surface area contributed by atoms with Crippen LogP contribution in [0, 0.1) is 20.2 Å². The molecule has 10 heteroatoms. The van der Waals surface area contributed by atoms with Gasteiger partial charge in [-0.25, -0.2) is 4.98 Å². The van der Waals surface area contributed by atoms with Crippen molar-refractivity contribution < 1.29 is 9.85 Å². The quantitative estimate of drug-likeness (QED) is 0.643. The lowest BCUT2D eigenvalue weighted by atomic mass is 10.2. The van der Waals surface area contributed by atoms with E-state index in [1.807, 2.05) is 0 Å². The first kappa shape index (κ1) is 13.4. The van der Waals surface area contributed by atoms with E-state index in [-0.39, 0.29) is 23.6 Å². The van der Waals surface area contributed by atoms with Gasteiger partial charge in [0.1, 0.15) is 12.0 Å². The number of nitrogens with zero attached hydrogens (tertiary/aromatic N) is 5. The number of hydrogen-bond acceptors (Lipinski definition) is 7. The molecule has 20 heavy (non-hydrogen) atoms. The van der Waals surface area contributed by atoms with Crippen LogP contribution in [-0.2, 0) is 13.6 Å². The maximum Gasteiger partial charge on any atom is 0.299 e. The minimum absolute atomic E-state index is 0.174. The second-order valence-corrected chi connectivity index (χ2v) is 3.90. The number of rotatable bonds is 5. The normalized spacial score (nSPS) is 10.2. The van der Waals surface area contributed by atoms with Crippen molar-refractivity contribution in [1.29, 1.82) is 0 Å². The predicted molar refractivity (Wildman–Crippen MR) is 68.1 cm³/mol. The van der Waals surface area contributed by atoms with Gasteiger partial charge in [-0.3, -0.25) is 24.9 Å². The van der Waals surface area contributed by atoms with E-state index >= 15 is 0 Å². The Hall–Kier alpha value is -3.04. The molecule has 0 bridgehead atoms. The minimum atomic E-state index is -0.683. The number of aromatic nitrogens is 3. The molecule has 2 rings (SSSR count). The fourth-order valence-corrected chi connectivity index (χ4v) is 1.57. The Morgan fingerprint density at radius 2 is 2.05 bits per heavy atom. The van der Waals surface area contributed by atoms with Crippen molar-refractivity contribution in [3.05, 3.63) is 50.6 Å². The number of nitrogens with one attached hydrogen (secondary N) is 1. The second kappa shape index (κ2) is 5.30. The fraction of sp³-hybridized carbons (Fsp3) is 0.200. The largest absolute Gasteiger partial charge is 0.372 e. The Bertz CT molecular complexity index is 668. The van der Waals surface area contributed by atoms with Gasteiger partial charge in [0, 0.05) is 13.1 Å². The van der Waals surface area contributed by atoms with Crippen LogP contribution >= 0.6 is 0 Å². The molecular weight excluding hydrogens is 268 g/mol. The highest BCUT2D eigenvalue weighted by molar-refractivity contribution is 5.65. The van der Waals surface area contributed by atoms with Crippen LogP contribution in [0.25, 0.3) is 0 Å². The lowest BCUT2D eigenvalue weighted by molar-refractivity contribution is -0.393. The molecule has 10 nitrogen and oxygen atoms in total. The SMILES string of the molecule is Cn1cnc(CNc2ccc([N+](=O)[O-])cc2[N+](=O)[O-])n1. The summed E-state index contributed by atoms with van der Waals surface area (Å²) in [5, 5.41) is 28.3. The molecule has 0 unspecified atom stereocenters. The molecular formula is C10H10N6O4. The Morgan fingerprint density at radius 3 is 2.60 bits per heavy atom. The molecule has 0 radical (unpaired) electrons. The third kappa shape index (κ3) is 2.85. The average molecular weight is 278 g/mol. The van der Waals surface area contributed by atoms with Gasteiger partial charge in [-0.15, -0.1) is 0 Å². The summed E-state index contributed by atoms with van der Waals surface area (Å²) in [4.78, 5) is 24.1. The topological polar surface area (TPSA) is 129 Å². The first-order chi connectivity index (χ1) is 9.47. The van der Waals surface area contributed by atoms with Crippen LogP contribution in [0.2, 0.25) is 0 Å². The van der Waals surface area contributed by atoms with E-state index in [0.717, 1.165) is 6.07 Å². The smallest absolute Gasteiger partial charge is 0.299 e. The van der Waals surface area contributed by atoms with E-state index < -0.39 is 9.85 Å². The summed E-state index contributed by atoms with van der Waals surface area (Å²) in [6.45, 7) is 0.180. The van der Waals surface area contributed by atoms with E-state index in [0.29, 0.717) is 5.82 Å². The second-order valence-electron chi connectivity index (χ2n) is 3.90. The first-order valence-electron chi connectivity index (χ1n) is 5.48. The number of non-ortho nitro benzene ring substituents is 1. The molecule has 104 valence electrons. The predicted octanol–water partition coefficient (Wildman–Crippen LogP) is 1.24. The summed E-state index contributed by atoms with van der Waals surface area (Å²) in [5.41, 5.74) is -0.526. The molecule has 0 fully saturated rings. The molecule has 0 amide bonds. The number of nitro groups is 2. The van der Waals surface area contributed by atoms with Crippen molar-refractivity contribution >= 4 is 17.1 Å². The highest BCUT2D eigenvalue weighted by Crippen LogP contribution is 2.29. The number of aryl methyl sites for hydroxylation is 1. The van der Waals surface area contributed by atoms with Crippen molar-refractivity contribution in [1.82, 2.24) is 14.8 Å². The molecule has 0 atom stereocenters. The zero-order chi connectivity index (χ0) is 14.7. The number of anilines is 1. The Labute approximate surface area is 112 Å². The van der Waals surface area contributed by atoms with Crippen LogP contribution < -0.4 is 5.32 Å². The molecule has 0 aliphatic rings. The Morgan fingerprint density at radius 1 is 1.30 bits per heavy atom. The third-order valence-electron chi connectivity index (χ3n) is 2.47. The lowest BCUT2D eigenvalue weighted by Crippen LogP contribution is -2.05. The van der Waals surface area contributed by atoms with Crippen LogP contribution in [0.15, 0.2) is 24.5 Å². The Balaban J connectivity index is 2.22. The molecule has 1 aromatic heterocycles. The maximum absolute atomic E-state index is 10.9. The number of nitro benzene ring substituents is 2. The van der Waals surface area contributed by atoms with Crippen LogP contribution in [0.3, 0.4) is 0 Å². The molecule has 0 aliphatic carbocycles. The molecule has 1 heterocycles. The maximum atomic E-state index is 10.9. The van der Waals surface area contributed by atoms with E-state index in [2.05, 4.69) is 15.4 Å². The molecule has 0 saturated heterocycles. The monoisotopic (exact) mass is 278 g/mol. The van der Waals surface area contributed by atoms with E-state index in [1.165, 1.54) is 23.1 Å². The van der Waals surface area contributed by atoms with Gasteiger partial charge in [-0.1, -0.05) is 0 Å². The van der Waals surface area contributed by atoms with Crippen molar-refractivity contribution in [3.63, 3.8) is 0 Å². The van der Waals surface area contributed by atoms with Crippen molar-refractivity contribution in [2.24, 2.45) is 7.05 Å². The van der Waals surface area contributed by atoms with E-state index in [9.17, 15) is 20.2 Å². The van der Waals surface area contributed by atoms with Gasteiger partial charge in [0.15, 0.2) is 5.82 Å². The average Bonchev–Trinajstić information content (AvgIpc) is 2.81. The highest BCUT2D eigenvalue weighted by atomic mass is 16.6. The third-order valence-corrected chi connectivity index (χ3v) is 2.47. The zero-order valence-electron chi connectivity index (χ0n) is 10.4. The van der Waals surface area contributed by atoms with Crippen molar-refractivity contribution in [2.75, 3.05) is 5.32 Å². The van der Waals surface area contributed by atoms with Gasteiger partial charge >= 0.3 is 0 Å². The van der Waals surface area contributed by atoms with Gasteiger partial charge in [0.25, 0.3) is 11.4 Å². The summed E-state index contributed by atoms with van der Waals surface area (Å²) in [6, 6.07) is 3.40. The van der Waals surface area contributed by atoms with Crippen LogP contribution in [0.1, 0.15) is 5.82 Å². The van der Waals surface area contributed by atoms with Crippen LogP contribution in [0.4, 0.5) is 17.1 Å². The minimum Gasteiger partial charge on any atom is -0.372 e. The molecule has 2 aromatic rings. The summed E-state index contributed by atoms with van der Waals surface area (Å²) >= 11 is 0. The lowest BCUT2D eigenvalue weighted by Gasteiger charge is -2.04. The standard InChI is InChI=1S/C10H10N6O4/c1-14-6-12-10(13-14)5-11-8-3-2-7(15(17)18)4-9(8)16(19)20/h2-4,6,11H,5H2,1H3. The Kier molecular flexibility index (Phi) is 3.55. The van der Waals surface area contributed by atoms with Crippen LogP contribution in [0.5, 0.6) is 0 Å². The first-order valence-corrected chi connectivity index (χ1v) is 5.48. The molecule has 1 aromatic carbocycles. The molecule has 0 spiro atoms. The number of hydrogen-bond donors (Lipinski definition) is 1. The van der Waals surface area contributed by atoms with E-state index in [1.54, 1.807) is 7.05 Å². The van der Waals surface area contributed by atoms with Gasteiger partial charge < -0.3 is 5.32 Å². The van der Waals surface area contributed by atoms with Gasteiger partial charge in [0.2, 0.25) is 0 Å². The summed E-state index contributed by atoms with van der Waals surface area (Å²) in [5.74, 6) is 0.458. The zero-order valence-corrected chi connectivity index (χ0v) is 10.4. The van der Waals surface area contributed by atoms with Gasteiger partial charge in [-0.2, -0.15) is 5.10 Å². The van der Waals surface area contributed by atoms with Crippen LogP contribution in [-0.4, -0.2) is 24.6 Å². The van der Waals surface area contributed by atoms with Gasteiger partial charge in [0.05, 0.1) is 22.5 Å².